The number of aryl methyl sites for hydroxylation is 2. The Labute approximate surface area is 133 Å². The summed E-state index contributed by atoms with van der Waals surface area (Å²) in [6.07, 6.45) is 1.60. The minimum absolute atomic E-state index is 0.113. The van der Waals surface area contributed by atoms with Gasteiger partial charge in [-0.3, -0.25) is 4.79 Å². The van der Waals surface area contributed by atoms with Crippen LogP contribution in [0.4, 0.5) is 10.5 Å². The number of urea groups is 1. The van der Waals surface area contributed by atoms with Crippen LogP contribution in [0.15, 0.2) is 41.3 Å². The molecule has 0 spiro atoms. The van der Waals surface area contributed by atoms with E-state index >= 15 is 0 Å². The molecule has 1 aromatic carbocycles. The molecule has 0 aliphatic rings. The number of amides is 2. The average molecular weight is 320 g/mol. The van der Waals surface area contributed by atoms with Gasteiger partial charge in [0.05, 0.1) is 11.7 Å². The van der Waals surface area contributed by atoms with E-state index in [2.05, 4.69) is 10.6 Å². The van der Waals surface area contributed by atoms with Crippen LogP contribution in [0.5, 0.6) is 0 Å². The van der Waals surface area contributed by atoms with Gasteiger partial charge in [0.25, 0.3) is 5.56 Å². The van der Waals surface area contributed by atoms with E-state index in [0.29, 0.717) is 10.7 Å². The molecular weight excluding hydrogens is 302 g/mol. The van der Waals surface area contributed by atoms with E-state index in [1.807, 2.05) is 19.1 Å². The molecule has 0 fully saturated rings. The lowest BCUT2D eigenvalue weighted by Crippen LogP contribution is -2.32. The van der Waals surface area contributed by atoms with Gasteiger partial charge in [0, 0.05) is 24.3 Å². The van der Waals surface area contributed by atoms with Crippen LogP contribution in [0.2, 0.25) is 5.02 Å². The number of rotatable bonds is 3. The van der Waals surface area contributed by atoms with Crippen molar-refractivity contribution in [2.45, 2.75) is 19.9 Å². The van der Waals surface area contributed by atoms with E-state index in [1.165, 1.54) is 10.6 Å². The zero-order valence-electron chi connectivity index (χ0n) is 12.7. The predicted molar refractivity (Wildman–Crippen MR) is 88.4 cm³/mol. The highest BCUT2D eigenvalue weighted by Gasteiger charge is 2.11. The Bertz CT molecular complexity index is 738. The third-order valence-electron chi connectivity index (χ3n) is 3.40. The normalized spacial score (nSPS) is 11.8. The van der Waals surface area contributed by atoms with Crippen LogP contribution < -0.4 is 16.2 Å². The minimum atomic E-state index is -0.329. The maximum atomic E-state index is 12.1. The largest absolute Gasteiger partial charge is 0.331 e. The molecule has 5 nitrogen and oxygen atoms in total. The smallest absolute Gasteiger partial charge is 0.319 e. The molecule has 2 aromatic rings. The molecule has 0 aliphatic carbocycles. The molecule has 1 aromatic heterocycles. The molecule has 22 heavy (non-hydrogen) atoms. The van der Waals surface area contributed by atoms with Crippen LogP contribution in [-0.4, -0.2) is 10.6 Å². The highest BCUT2D eigenvalue weighted by molar-refractivity contribution is 6.30. The summed E-state index contributed by atoms with van der Waals surface area (Å²) in [5, 5.41) is 6.25. The van der Waals surface area contributed by atoms with Crippen LogP contribution >= 0.6 is 11.6 Å². The molecule has 0 saturated carbocycles. The number of nitrogens with one attached hydrogen (secondary N) is 2. The number of benzene rings is 1. The Kier molecular flexibility index (Phi) is 4.88. The van der Waals surface area contributed by atoms with Gasteiger partial charge in [-0.25, -0.2) is 4.79 Å². The van der Waals surface area contributed by atoms with E-state index in [1.54, 1.807) is 32.3 Å². The standard InChI is InChI=1S/C16H18ClN3O2/c1-10-8-15(21)20(3)9-14(10)19-16(22)18-11(2)12-4-6-13(17)7-5-12/h4-9,11H,1-3H3,(H2,18,19,22)/t11-/m0/s1. The zero-order chi connectivity index (χ0) is 16.3. The summed E-state index contributed by atoms with van der Waals surface area (Å²) in [6.45, 7) is 3.66. The Hall–Kier alpha value is -2.27. The number of anilines is 1. The fourth-order valence-corrected chi connectivity index (χ4v) is 2.17. The van der Waals surface area contributed by atoms with Crippen molar-refractivity contribution in [3.8, 4) is 0 Å². The molecule has 0 unspecified atom stereocenters. The van der Waals surface area contributed by atoms with E-state index in [0.717, 1.165) is 11.1 Å². The SMILES string of the molecule is Cc1cc(=O)n(C)cc1NC(=O)N[C@@H](C)c1ccc(Cl)cc1. The Morgan fingerprint density at radius 3 is 2.55 bits per heavy atom. The second-order valence-corrected chi connectivity index (χ2v) is 5.63. The van der Waals surface area contributed by atoms with Crippen LogP contribution in [0.25, 0.3) is 0 Å². The van der Waals surface area contributed by atoms with Gasteiger partial charge in [-0.15, -0.1) is 0 Å². The van der Waals surface area contributed by atoms with E-state index < -0.39 is 0 Å². The van der Waals surface area contributed by atoms with E-state index in [9.17, 15) is 9.59 Å². The van der Waals surface area contributed by atoms with Crippen molar-refractivity contribution in [2.75, 3.05) is 5.32 Å². The number of pyridine rings is 1. The van der Waals surface area contributed by atoms with E-state index in [-0.39, 0.29) is 17.6 Å². The van der Waals surface area contributed by atoms with Crippen LogP contribution in [0.1, 0.15) is 24.1 Å². The molecule has 1 atom stereocenters. The highest BCUT2D eigenvalue weighted by Crippen LogP contribution is 2.16. The minimum Gasteiger partial charge on any atom is -0.331 e. The van der Waals surface area contributed by atoms with Crippen molar-refractivity contribution in [2.24, 2.45) is 7.05 Å². The van der Waals surface area contributed by atoms with Gasteiger partial charge in [-0.1, -0.05) is 23.7 Å². The first-order chi connectivity index (χ1) is 10.4. The number of carbonyl (C=O) groups excluding carboxylic acids is 1. The molecule has 116 valence electrons. The molecule has 6 heteroatoms. The molecule has 0 radical (unpaired) electrons. The quantitative estimate of drug-likeness (QED) is 0.912. The summed E-state index contributed by atoms with van der Waals surface area (Å²) >= 11 is 5.85. The maximum absolute atomic E-state index is 12.1. The third-order valence-corrected chi connectivity index (χ3v) is 3.65. The van der Waals surface area contributed by atoms with Crippen molar-refractivity contribution < 1.29 is 4.79 Å². The van der Waals surface area contributed by atoms with Gasteiger partial charge in [0.2, 0.25) is 0 Å². The number of halogens is 1. The number of aromatic nitrogens is 1. The fourth-order valence-electron chi connectivity index (χ4n) is 2.04. The first kappa shape index (κ1) is 16.1. The Balaban J connectivity index is 2.05. The first-order valence-corrected chi connectivity index (χ1v) is 7.25. The van der Waals surface area contributed by atoms with Crippen LogP contribution in [-0.2, 0) is 7.05 Å². The Morgan fingerprint density at radius 2 is 1.91 bits per heavy atom. The van der Waals surface area contributed by atoms with Gasteiger partial charge in [-0.2, -0.15) is 0 Å². The summed E-state index contributed by atoms with van der Waals surface area (Å²) in [4.78, 5) is 23.6. The Morgan fingerprint density at radius 1 is 1.27 bits per heavy atom. The average Bonchev–Trinajstić information content (AvgIpc) is 2.45. The van der Waals surface area contributed by atoms with Crippen LogP contribution in [0, 0.1) is 6.92 Å². The molecule has 2 N–H and O–H groups in total. The lowest BCUT2D eigenvalue weighted by atomic mass is 10.1. The molecule has 2 rings (SSSR count). The van der Waals surface area contributed by atoms with Crippen molar-refractivity contribution in [3.63, 3.8) is 0 Å². The van der Waals surface area contributed by atoms with Gasteiger partial charge in [0.1, 0.15) is 0 Å². The summed E-state index contributed by atoms with van der Waals surface area (Å²) in [6, 6.07) is 8.29. The molecule has 2 amide bonds. The number of carbonyl (C=O) groups is 1. The second-order valence-electron chi connectivity index (χ2n) is 5.19. The monoisotopic (exact) mass is 319 g/mol. The topological polar surface area (TPSA) is 63.1 Å². The lowest BCUT2D eigenvalue weighted by molar-refractivity contribution is 0.249. The van der Waals surface area contributed by atoms with Crippen molar-refractivity contribution in [1.29, 1.82) is 0 Å². The van der Waals surface area contributed by atoms with Crippen molar-refractivity contribution >= 4 is 23.3 Å². The first-order valence-electron chi connectivity index (χ1n) is 6.87. The zero-order valence-corrected chi connectivity index (χ0v) is 13.4. The van der Waals surface area contributed by atoms with Crippen molar-refractivity contribution in [1.82, 2.24) is 9.88 Å². The number of hydrogen-bond acceptors (Lipinski definition) is 2. The molecule has 0 bridgehead atoms. The third kappa shape index (κ3) is 3.89. The van der Waals surface area contributed by atoms with Crippen LogP contribution in [0.3, 0.4) is 0 Å². The lowest BCUT2D eigenvalue weighted by Gasteiger charge is -2.16. The summed E-state index contributed by atoms with van der Waals surface area (Å²) < 4.78 is 1.42. The van der Waals surface area contributed by atoms with Gasteiger partial charge < -0.3 is 15.2 Å². The highest BCUT2D eigenvalue weighted by atomic mass is 35.5. The van der Waals surface area contributed by atoms with Gasteiger partial charge in [0.15, 0.2) is 0 Å². The molecule has 0 aliphatic heterocycles. The molecule has 0 saturated heterocycles. The van der Waals surface area contributed by atoms with Crippen molar-refractivity contribution in [3.05, 3.63) is 63.0 Å². The maximum Gasteiger partial charge on any atom is 0.319 e. The molecule has 1 heterocycles. The second kappa shape index (κ2) is 6.66. The summed E-state index contributed by atoms with van der Waals surface area (Å²) in [7, 11) is 1.64. The number of nitrogens with zero attached hydrogens (tertiary/aromatic N) is 1. The summed E-state index contributed by atoms with van der Waals surface area (Å²) in [5.41, 5.74) is 2.16. The fraction of sp³-hybridized carbons (Fsp3) is 0.250. The van der Waals surface area contributed by atoms with E-state index in [4.69, 9.17) is 11.6 Å². The molecular formula is C16H18ClN3O2. The number of hydrogen-bond donors (Lipinski definition) is 2. The predicted octanol–water partition coefficient (Wildman–Crippen LogP) is 3.23. The van der Waals surface area contributed by atoms with Gasteiger partial charge >= 0.3 is 6.03 Å². The van der Waals surface area contributed by atoms with Gasteiger partial charge in [-0.05, 0) is 37.1 Å². The summed E-state index contributed by atoms with van der Waals surface area (Å²) in [5.74, 6) is 0.